The number of hydrogen-bond acceptors (Lipinski definition) is 3. The van der Waals surface area contributed by atoms with Gasteiger partial charge in [0, 0.05) is 39.1 Å². The van der Waals surface area contributed by atoms with Crippen LogP contribution in [-0.2, 0) is 11.3 Å². The van der Waals surface area contributed by atoms with Crippen molar-refractivity contribution in [2.24, 2.45) is 11.8 Å². The SMILES string of the molecule is CC(CC(=O)N(C)C1CCN(Cc2ccccc2)CC1)C1CCCNC1.Cl.Cl. The number of hydrogen-bond donors (Lipinski definition) is 1. The third-order valence-electron chi connectivity index (χ3n) is 6.38. The lowest BCUT2D eigenvalue weighted by molar-refractivity contribution is -0.134. The van der Waals surface area contributed by atoms with E-state index in [2.05, 4.69) is 47.5 Å². The smallest absolute Gasteiger partial charge is 0.222 e. The molecule has 3 rings (SSSR count). The second-order valence-electron chi connectivity index (χ2n) is 8.29. The first-order valence-electron chi connectivity index (χ1n) is 10.4. The van der Waals surface area contributed by atoms with E-state index in [9.17, 15) is 4.79 Å². The van der Waals surface area contributed by atoms with Gasteiger partial charge in [-0.15, -0.1) is 24.8 Å². The number of likely N-dealkylation sites (tertiary alicyclic amines) is 1. The van der Waals surface area contributed by atoms with Crippen LogP contribution < -0.4 is 5.32 Å². The number of nitrogens with zero attached hydrogens (tertiary/aromatic N) is 2. The van der Waals surface area contributed by atoms with Crippen LogP contribution in [0.1, 0.15) is 44.6 Å². The Kier molecular flexibility index (Phi) is 11.4. The number of amides is 1. The zero-order valence-corrected chi connectivity index (χ0v) is 18.9. The van der Waals surface area contributed by atoms with Crippen molar-refractivity contribution in [2.75, 3.05) is 33.2 Å². The van der Waals surface area contributed by atoms with Gasteiger partial charge < -0.3 is 10.2 Å². The van der Waals surface area contributed by atoms with Crippen molar-refractivity contribution in [2.45, 2.75) is 51.6 Å². The van der Waals surface area contributed by atoms with Gasteiger partial charge in [-0.25, -0.2) is 0 Å². The van der Waals surface area contributed by atoms with E-state index in [1.54, 1.807) is 0 Å². The fourth-order valence-corrected chi connectivity index (χ4v) is 4.46. The van der Waals surface area contributed by atoms with Crippen LogP contribution in [0, 0.1) is 11.8 Å². The van der Waals surface area contributed by atoms with Gasteiger partial charge >= 0.3 is 0 Å². The molecule has 2 unspecified atom stereocenters. The molecule has 2 fully saturated rings. The molecule has 2 saturated heterocycles. The average Bonchev–Trinajstić information content (AvgIpc) is 2.69. The maximum Gasteiger partial charge on any atom is 0.222 e. The second kappa shape index (κ2) is 12.7. The molecule has 160 valence electrons. The molecule has 0 saturated carbocycles. The predicted molar refractivity (Wildman–Crippen MR) is 121 cm³/mol. The van der Waals surface area contributed by atoms with E-state index in [0.29, 0.717) is 30.2 Å². The summed E-state index contributed by atoms with van der Waals surface area (Å²) in [5, 5.41) is 3.48. The molecule has 2 atom stereocenters. The summed E-state index contributed by atoms with van der Waals surface area (Å²) in [5.74, 6) is 1.48. The van der Waals surface area contributed by atoms with Crippen molar-refractivity contribution >= 4 is 30.7 Å². The molecule has 2 aliphatic heterocycles. The number of halogens is 2. The van der Waals surface area contributed by atoms with E-state index in [-0.39, 0.29) is 24.8 Å². The van der Waals surface area contributed by atoms with Crippen LogP contribution in [0.2, 0.25) is 0 Å². The molecule has 4 nitrogen and oxygen atoms in total. The largest absolute Gasteiger partial charge is 0.343 e. The highest BCUT2D eigenvalue weighted by molar-refractivity contribution is 5.85. The highest BCUT2D eigenvalue weighted by Crippen LogP contribution is 2.25. The van der Waals surface area contributed by atoms with Crippen molar-refractivity contribution in [3.8, 4) is 0 Å². The van der Waals surface area contributed by atoms with E-state index in [0.717, 1.165) is 45.6 Å². The highest BCUT2D eigenvalue weighted by Gasteiger charge is 2.28. The quantitative estimate of drug-likeness (QED) is 0.742. The Labute approximate surface area is 183 Å². The van der Waals surface area contributed by atoms with E-state index in [1.807, 2.05) is 11.9 Å². The summed E-state index contributed by atoms with van der Waals surface area (Å²) >= 11 is 0. The van der Waals surface area contributed by atoms with Crippen LogP contribution in [-0.4, -0.2) is 55.0 Å². The third-order valence-corrected chi connectivity index (χ3v) is 6.38. The van der Waals surface area contributed by atoms with Crippen LogP contribution in [0.25, 0.3) is 0 Å². The number of rotatable bonds is 6. The average molecular weight is 430 g/mol. The first-order valence-corrected chi connectivity index (χ1v) is 10.4. The minimum atomic E-state index is 0. The summed E-state index contributed by atoms with van der Waals surface area (Å²) in [6, 6.07) is 11.1. The van der Waals surface area contributed by atoms with E-state index >= 15 is 0 Å². The minimum absolute atomic E-state index is 0. The lowest BCUT2D eigenvalue weighted by Crippen LogP contribution is -2.46. The van der Waals surface area contributed by atoms with Gasteiger partial charge in [-0.05, 0) is 56.2 Å². The van der Waals surface area contributed by atoms with E-state index in [1.165, 1.54) is 18.4 Å². The van der Waals surface area contributed by atoms with Crippen LogP contribution in [0.15, 0.2) is 30.3 Å². The summed E-state index contributed by atoms with van der Waals surface area (Å²) in [7, 11) is 2.02. The van der Waals surface area contributed by atoms with Crippen LogP contribution >= 0.6 is 24.8 Å². The predicted octanol–water partition coefficient (Wildman–Crippen LogP) is 3.98. The van der Waals surface area contributed by atoms with Crippen molar-refractivity contribution in [1.29, 1.82) is 0 Å². The number of carbonyl (C=O) groups is 1. The number of piperidine rings is 2. The molecule has 0 spiro atoms. The van der Waals surface area contributed by atoms with E-state index in [4.69, 9.17) is 0 Å². The Hall–Kier alpha value is -0.810. The topological polar surface area (TPSA) is 35.6 Å². The summed E-state index contributed by atoms with van der Waals surface area (Å²) in [5.41, 5.74) is 1.38. The number of nitrogens with one attached hydrogen (secondary N) is 1. The molecular weight excluding hydrogens is 393 g/mol. The Morgan fingerprint density at radius 3 is 2.46 bits per heavy atom. The minimum Gasteiger partial charge on any atom is -0.343 e. The first-order chi connectivity index (χ1) is 12.6. The fourth-order valence-electron chi connectivity index (χ4n) is 4.46. The summed E-state index contributed by atoms with van der Waals surface area (Å²) in [6.45, 7) is 7.66. The van der Waals surface area contributed by atoms with Gasteiger partial charge in [0.25, 0.3) is 0 Å². The third kappa shape index (κ3) is 7.22. The van der Waals surface area contributed by atoms with Gasteiger partial charge in [0.2, 0.25) is 5.91 Å². The van der Waals surface area contributed by atoms with Crippen LogP contribution in [0.4, 0.5) is 0 Å². The van der Waals surface area contributed by atoms with Gasteiger partial charge in [-0.1, -0.05) is 37.3 Å². The zero-order valence-electron chi connectivity index (χ0n) is 17.3. The van der Waals surface area contributed by atoms with Crippen molar-refractivity contribution in [3.63, 3.8) is 0 Å². The maximum absolute atomic E-state index is 12.8. The monoisotopic (exact) mass is 429 g/mol. The molecule has 0 radical (unpaired) electrons. The first kappa shape index (κ1) is 25.2. The van der Waals surface area contributed by atoms with Gasteiger partial charge in [0.1, 0.15) is 0 Å². The molecule has 28 heavy (non-hydrogen) atoms. The number of benzene rings is 1. The lowest BCUT2D eigenvalue weighted by Gasteiger charge is -2.37. The standard InChI is InChI=1S/C22H35N3O.2ClH/c1-18(20-9-6-12-23-16-20)15-22(26)24(2)21-10-13-25(14-11-21)17-19-7-4-3-5-8-19;;/h3-5,7-8,18,20-21,23H,6,9-17H2,1-2H3;2*1H. The molecule has 0 aromatic heterocycles. The summed E-state index contributed by atoms with van der Waals surface area (Å²) in [6.07, 6.45) is 5.40. The molecule has 1 amide bonds. The van der Waals surface area contributed by atoms with Gasteiger partial charge in [-0.2, -0.15) is 0 Å². The summed E-state index contributed by atoms with van der Waals surface area (Å²) in [4.78, 5) is 17.3. The molecule has 1 aromatic carbocycles. The van der Waals surface area contributed by atoms with E-state index < -0.39 is 0 Å². The maximum atomic E-state index is 12.8. The molecular formula is C22H37Cl2N3O. The molecule has 1 aromatic rings. The van der Waals surface area contributed by atoms with Crippen molar-refractivity contribution < 1.29 is 4.79 Å². The van der Waals surface area contributed by atoms with Crippen molar-refractivity contribution in [1.82, 2.24) is 15.1 Å². The molecule has 6 heteroatoms. The Morgan fingerprint density at radius 2 is 1.86 bits per heavy atom. The molecule has 0 bridgehead atoms. The van der Waals surface area contributed by atoms with Crippen molar-refractivity contribution in [3.05, 3.63) is 35.9 Å². The molecule has 0 aliphatic carbocycles. The normalized spacial score (nSPS) is 21.9. The van der Waals surface area contributed by atoms with Gasteiger partial charge in [0.05, 0.1) is 0 Å². The molecule has 2 aliphatic rings. The highest BCUT2D eigenvalue weighted by atomic mass is 35.5. The molecule has 1 N–H and O–H groups in total. The van der Waals surface area contributed by atoms with Crippen LogP contribution in [0.3, 0.4) is 0 Å². The Balaban J connectivity index is 0.00000196. The zero-order chi connectivity index (χ0) is 18.4. The van der Waals surface area contributed by atoms with Gasteiger partial charge in [-0.3, -0.25) is 9.69 Å². The summed E-state index contributed by atoms with van der Waals surface area (Å²) < 4.78 is 0. The second-order valence-corrected chi connectivity index (χ2v) is 8.29. The van der Waals surface area contributed by atoms with Crippen LogP contribution in [0.5, 0.6) is 0 Å². The Morgan fingerprint density at radius 1 is 1.18 bits per heavy atom. The lowest BCUT2D eigenvalue weighted by atomic mass is 9.85. The Bertz CT molecular complexity index is 558. The molecule has 2 heterocycles. The fraction of sp³-hybridized carbons (Fsp3) is 0.682. The van der Waals surface area contributed by atoms with Gasteiger partial charge in [0.15, 0.2) is 0 Å². The number of carbonyl (C=O) groups excluding carboxylic acids is 1.